The van der Waals surface area contributed by atoms with Crippen LogP contribution in [-0.4, -0.2) is 23.0 Å². The van der Waals surface area contributed by atoms with Gasteiger partial charge in [-0.05, 0) is 31.6 Å². The number of carboxylic acids is 1. The molecule has 4 atom stereocenters. The maximum absolute atomic E-state index is 12.1. The molecule has 0 saturated heterocycles. The van der Waals surface area contributed by atoms with Gasteiger partial charge in [0.25, 0.3) is 0 Å². The highest BCUT2D eigenvalue weighted by atomic mass is 16.4. The number of aliphatic carboxylic acids is 1. The lowest BCUT2D eigenvalue weighted by molar-refractivity contribution is -0.147. The smallest absolute Gasteiger partial charge is 0.307 e. The molecule has 2 rings (SSSR count). The molecule has 0 aliphatic heterocycles. The third-order valence-corrected chi connectivity index (χ3v) is 4.00. The van der Waals surface area contributed by atoms with Crippen molar-refractivity contribution in [2.75, 3.05) is 0 Å². The van der Waals surface area contributed by atoms with Crippen molar-refractivity contribution in [2.45, 2.75) is 45.1 Å². The van der Waals surface area contributed by atoms with Crippen LogP contribution in [0, 0.1) is 17.8 Å². The van der Waals surface area contributed by atoms with E-state index in [0.29, 0.717) is 18.8 Å². The number of hydrogen-bond donors (Lipinski definition) is 2. The van der Waals surface area contributed by atoms with Crippen molar-refractivity contribution < 1.29 is 14.7 Å². The first-order chi connectivity index (χ1) is 8.63. The fraction of sp³-hybridized carbons (Fsp3) is 0.714. The minimum atomic E-state index is -0.861. The molecule has 2 unspecified atom stereocenters. The number of carbonyl (C=O) groups is 2. The molecule has 100 valence electrons. The zero-order valence-electron chi connectivity index (χ0n) is 10.8. The van der Waals surface area contributed by atoms with Crippen molar-refractivity contribution in [1.29, 1.82) is 0 Å². The molecule has 0 radical (unpaired) electrons. The number of nitrogens with one attached hydrogen (secondary N) is 1. The summed E-state index contributed by atoms with van der Waals surface area (Å²) in [7, 11) is 0. The number of hydrogen-bond acceptors (Lipinski definition) is 2. The van der Waals surface area contributed by atoms with Crippen molar-refractivity contribution in [2.24, 2.45) is 17.8 Å². The van der Waals surface area contributed by atoms with E-state index in [9.17, 15) is 9.59 Å². The normalized spacial score (nSPS) is 34.1. The molecule has 0 aromatic rings. The van der Waals surface area contributed by atoms with Crippen LogP contribution in [0.25, 0.3) is 0 Å². The first-order valence-electron chi connectivity index (χ1n) is 6.81. The van der Waals surface area contributed by atoms with Gasteiger partial charge in [0.1, 0.15) is 0 Å². The fourth-order valence-corrected chi connectivity index (χ4v) is 2.78. The van der Waals surface area contributed by atoms with Gasteiger partial charge in [0.05, 0.1) is 11.8 Å². The Morgan fingerprint density at radius 2 is 1.94 bits per heavy atom. The van der Waals surface area contributed by atoms with Crippen molar-refractivity contribution in [3.8, 4) is 0 Å². The maximum Gasteiger partial charge on any atom is 0.307 e. The molecule has 1 fully saturated rings. The number of carbonyl (C=O) groups excluding carboxylic acids is 1. The second kappa shape index (κ2) is 5.55. The van der Waals surface area contributed by atoms with Crippen LogP contribution in [-0.2, 0) is 9.59 Å². The standard InChI is InChI=1S/C14H21NO3/c1-2-5-9-8-12(9)15-13(16)10-6-3-4-7-11(10)14(17)18/h3-4,9-12H,2,5-8H2,1H3,(H,15,16)(H,17,18)/t9?,10-,11+,12?/m1/s1. The van der Waals surface area contributed by atoms with Gasteiger partial charge in [0.2, 0.25) is 5.91 Å². The van der Waals surface area contributed by atoms with E-state index in [4.69, 9.17) is 5.11 Å². The van der Waals surface area contributed by atoms with Crippen LogP contribution in [0.15, 0.2) is 12.2 Å². The van der Waals surface area contributed by atoms with E-state index in [0.717, 1.165) is 19.3 Å². The van der Waals surface area contributed by atoms with E-state index in [2.05, 4.69) is 12.2 Å². The van der Waals surface area contributed by atoms with Gasteiger partial charge in [-0.15, -0.1) is 0 Å². The zero-order valence-corrected chi connectivity index (χ0v) is 10.8. The average molecular weight is 251 g/mol. The second-order valence-corrected chi connectivity index (χ2v) is 5.39. The minimum Gasteiger partial charge on any atom is -0.481 e. The summed E-state index contributed by atoms with van der Waals surface area (Å²) < 4.78 is 0. The summed E-state index contributed by atoms with van der Waals surface area (Å²) in [4.78, 5) is 23.2. The summed E-state index contributed by atoms with van der Waals surface area (Å²) in [5.41, 5.74) is 0. The molecule has 2 aliphatic rings. The fourth-order valence-electron chi connectivity index (χ4n) is 2.78. The van der Waals surface area contributed by atoms with Crippen LogP contribution in [0.2, 0.25) is 0 Å². The Hall–Kier alpha value is -1.32. The van der Waals surface area contributed by atoms with E-state index in [1.165, 1.54) is 0 Å². The van der Waals surface area contributed by atoms with E-state index >= 15 is 0 Å². The van der Waals surface area contributed by atoms with Gasteiger partial charge in [-0.2, -0.15) is 0 Å². The first-order valence-corrected chi connectivity index (χ1v) is 6.81. The van der Waals surface area contributed by atoms with Crippen molar-refractivity contribution >= 4 is 11.9 Å². The van der Waals surface area contributed by atoms with Gasteiger partial charge in [0, 0.05) is 6.04 Å². The highest BCUT2D eigenvalue weighted by Gasteiger charge is 2.40. The second-order valence-electron chi connectivity index (χ2n) is 5.39. The largest absolute Gasteiger partial charge is 0.481 e. The molecule has 18 heavy (non-hydrogen) atoms. The molecule has 0 aromatic heterocycles. The summed E-state index contributed by atoms with van der Waals surface area (Å²) >= 11 is 0. The molecule has 0 spiro atoms. The summed E-state index contributed by atoms with van der Waals surface area (Å²) in [5, 5.41) is 12.1. The quantitative estimate of drug-likeness (QED) is 0.734. The number of rotatable bonds is 5. The molecule has 0 aromatic carbocycles. The Kier molecular flexibility index (Phi) is 4.04. The number of allylic oxidation sites excluding steroid dienone is 2. The molecule has 4 heteroatoms. The van der Waals surface area contributed by atoms with Crippen molar-refractivity contribution in [3.63, 3.8) is 0 Å². The number of amides is 1. The average Bonchev–Trinajstić information content (AvgIpc) is 3.07. The van der Waals surface area contributed by atoms with Crippen LogP contribution >= 0.6 is 0 Å². The summed E-state index contributed by atoms with van der Waals surface area (Å²) in [6, 6.07) is 0.290. The molecular formula is C14H21NO3. The highest BCUT2D eigenvalue weighted by molar-refractivity contribution is 5.85. The molecule has 4 nitrogen and oxygen atoms in total. The first kappa shape index (κ1) is 13.1. The zero-order chi connectivity index (χ0) is 13.1. The molecule has 0 bridgehead atoms. The van der Waals surface area contributed by atoms with E-state index < -0.39 is 17.8 Å². The lowest BCUT2D eigenvalue weighted by Gasteiger charge is -2.24. The Balaban J connectivity index is 1.88. The van der Waals surface area contributed by atoms with Gasteiger partial charge in [-0.25, -0.2) is 0 Å². The lowest BCUT2D eigenvalue weighted by Crippen LogP contribution is -2.40. The Labute approximate surface area is 107 Å². The highest BCUT2D eigenvalue weighted by Crippen LogP contribution is 2.35. The summed E-state index contributed by atoms with van der Waals surface area (Å²) in [6.07, 6.45) is 8.14. The maximum atomic E-state index is 12.1. The Morgan fingerprint density at radius 3 is 2.56 bits per heavy atom. The van der Waals surface area contributed by atoms with Crippen LogP contribution in [0.5, 0.6) is 0 Å². The van der Waals surface area contributed by atoms with Gasteiger partial charge in [-0.3, -0.25) is 9.59 Å². The van der Waals surface area contributed by atoms with Crippen molar-refractivity contribution in [3.05, 3.63) is 12.2 Å². The van der Waals surface area contributed by atoms with E-state index in [-0.39, 0.29) is 11.9 Å². The van der Waals surface area contributed by atoms with Gasteiger partial charge < -0.3 is 10.4 Å². The molecule has 2 aliphatic carbocycles. The summed E-state index contributed by atoms with van der Waals surface area (Å²) in [6.45, 7) is 2.14. The predicted octanol–water partition coefficient (Wildman–Crippen LogP) is 1.96. The lowest BCUT2D eigenvalue weighted by atomic mass is 9.82. The predicted molar refractivity (Wildman–Crippen MR) is 67.9 cm³/mol. The third kappa shape index (κ3) is 2.92. The summed E-state index contributed by atoms with van der Waals surface area (Å²) in [5.74, 6) is -1.27. The van der Waals surface area contributed by atoms with Crippen molar-refractivity contribution in [1.82, 2.24) is 5.32 Å². The van der Waals surface area contributed by atoms with Gasteiger partial charge in [-0.1, -0.05) is 25.5 Å². The van der Waals surface area contributed by atoms with Gasteiger partial charge >= 0.3 is 5.97 Å². The van der Waals surface area contributed by atoms with Crippen LogP contribution in [0.1, 0.15) is 39.0 Å². The minimum absolute atomic E-state index is 0.0737. The van der Waals surface area contributed by atoms with E-state index in [1.807, 2.05) is 12.2 Å². The topological polar surface area (TPSA) is 66.4 Å². The Bertz CT molecular complexity index is 364. The SMILES string of the molecule is CCCC1CC1NC(=O)[C@@H]1CC=CC[C@@H]1C(=O)O. The molecule has 2 N–H and O–H groups in total. The molecule has 1 saturated carbocycles. The van der Waals surface area contributed by atoms with Crippen LogP contribution < -0.4 is 5.32 Å². The van der Waals surface area contributed by atoms with Gasteiger partial charge in [0.15, 0.2) is 0 Å². The van der Waals surface area contributed by atoms with E-state index in [1.54, 1.807) is 0 Å². The molecular weight excluding hydrogens is 230 g/mol. The van der Waals surface area contributed by atoms with Crippen LogP contribution in [0.4, 0.5) is 0 Å². The monoisotopic (exact) mass is 251 g/mol. The Morgan fingerprint density at radius 1 is 1.28 bits per heavy atom. The molecule has 0 heterocycles. The van der Waals surface area contributed by atoms with Crippen LogP contribution in [0.3, 0.4) is 0 Å². The third-order valence-electron chi connectivity index (χ3n) is 4.00. The molecule has 1 amide bonds. The number of carboxylic acid groups (broad SMARTS) is 1.